The van der Waals surface area contributed by atoms with Crippen molar-refractivity contribution in [2.45, 2.75) is 27.7 Å². The van der Waals surface area contributed by atoms with Crippen LogP contribution in [0, 0.1) is 5.41 Å². The molecule has 0 aromatic carbocycles. The topological polar surface area (TPSA) is 37.4 Å². The lowest BCUT2D eigenvalue weighted by atomic mass is 9.78. The maximum absolute atomic E-state index is 11.4. The Morgan fingerprint density at radius 3 is 2.29 bits per heavy atom. The van der Waals surface area contributed by atoms with Gasteiger partial charge >= 0.3 is 0 Å². The molecule has 76 valence electrons. The molecule has 1 atom stereocenters. The number of amides is 1. The predicted molar refractivity (Wildman–Crippen MR) is 54.2 cm³/mol. The van der Waals surface area contributed by atoms with Gasteiger partial charge < -0.3 is 0 Å². The highest BCUT2D eigenvalue weighted by Crippen LogP contribution is 2.32. The third-order valence-electron chi connectivity index (χ3n) is 2.82. The van der Waals surface area contributed by atoms with Crippen molar-refractivity contribution in [2.24, 2.45) is 5.41 Å². The van der Waals surface area contributed by atoms with Crippen molar-refractivity contribution in [3.63, 3.8) is 0 Å². The Hall–Kier alpha value is -1.38. The van der Waals surface area contributed by atoms with Crippen LogP contribution >= 0.6 is 0 Å². The first kappa shape index (κ1) is 10.7. The van der Waals surface area contributed by atoms with Crippen molar-refractivity contribution in [3.8, 4) is 0 Å². The summed E-state index contributed by atoms with van der Waals surface area (Å²) in [6.45, 7) is 6.77. The molecule has 3 heteroatoms. The molecule has 1 aliphatic rings. The highest BCUT2D eigenvalue weighted by Gasteiger charge is 2.31. The summed E-state index contributed by atoms with van der Waals surface area (Å²) in [6, 6.07) is 0. The summed E-state index contributed by atoms with van der Waals surface area (Å²) in [7, 11) is 0. The Kier molecular flexibility index (Phi) is 2.60. The first-order valence-electron chi connectivity index (χ1n) is 4.56. The Morgan fingerprint density at radius 2 is 1.93 bits per heavy atom. The van der Waals surface area contributed by atoms with E-state index in [1.54, 1.807) is 25.4 Å². The minimum Gasteiger partial charge on any atom is -0.299 e. The summed E-state index contributed by atoms with van der Waals surface area (Å²) < 4.78 is 0. The van der Waals surface area contributed by atoms with Crippen molar-refractivity contribution >= 4 is 11.7 Å². The SMILES string of the molecule is CC(=O)N1C=CC(C)(C(C)=O)C(C)=C1. The van der Waals surface area contributed by atoms with Crippen molar-refractivity contribution in [2.75, 3.05) is 0 Å². The molecule has 1 rings (SSSR count). The van der Waals surface area contributed by atoms with Gasteiger partial charge in [0, 0.05) is 19.3 Å². The maximum Gasteiger partial charge on any atom is 0.227 e. The van der Waals surface area contributed by atoms with E-state index < -0.39 is 5.41 Å². The molecule has 3 nitrogen and oxygen atoms in total. The van der Waals surface area contributed by atoms with Crippen LogP contribution in [-0.2, 0) is 9.59 Å². The third-order valence-corrected chi connectivity index (χ3v) is 2.82. The number of carbonyl (C=O) groups is 2. The molecule has 0 spiro atoms. The van der Waals surface area contributed by atoms with E-state index in [0.717, 1.165) is 5.57 Å². The summed E-state index contributed by atoms with van der Waals surface area (Å²) >= 11 is 0. The largest absolute Gasteiger partial charge is 0.299 e. The number of nitrogens with zero attached hydrogens (tertiary/aromatic N) is 1. The van der Waals surface area contributed by atoms with Gasteiger partial charge in [-0.2, -0.15) is 0 Å². The van der Waals surface area contributed by atoms with E-state index in [0.29, 0.717) is 0 Å². The lowest BCUT2D eigenvalue weighted by Crippen LogP contribution is -2.31. The van der Waals surface area contributed by atoms with Gasteiger partial charge in [0.2, 0.25) is 5.91 Å². The van der Waals surface area contributed by atoms with E-state index in [2.05, 4.69) is 0 Å². The summed E-state index contributed by atoms with van der Waals surface area (Å²) in [5.41, 5.74) is 0.342. The second-order valence-electron chi connectivity index (χ2n) is 3.81. The fourth-order valence-corrected chi connectivity index (χ4v) is 1.34. The zero-order valence-corrected chi connectivity index (χ0v) is 9.00. The van der Waals surface area contributed by atoms with E-state index in [1.807, 2.05) is 13.8 Å². The minimum absolute atomic E-state index is 0.0498. The Balaban J connectivity index is 3.03. The molecule has 14 heavy (non-hydrogen) atoms. The third kappa shape index (κ3) is 1.62. The van der Waals surface area contributed by atoms with Crippen molar-refractivity contribution in [1.29, 1.82) is 0 Å². The van der Waals surface area contributed by atoms with Crippen LogP contribution in [0.15, 0.2) is 24.0 Å². The molecule has 0 aromatic heterocycles. The van der Waals surface area contributed by atoms with Gasteiger partial charge in [0.05, 0.1) is 5.41 Å². The molecule has 0 bridgehead atoms. The minimum atomic E-state index is -0.550. The smallest absolute Gasteiger partial charge is 0.227 e. The molecular weight excluding hydrogens is 178 g/mol. The first-order valence-corrected chi connectivity index (χ1v) is 4.56. The molecule has 0 fully saturated rings. The van der Waals surface area contributed by atoms with Crippen LogP contribution in [0.2, 0.25) is 0 Å². The Labute approximate surface area is 84.1 Å². The molecule has 1 amide bonds. The summed E-state index contributed by atoms with van der Waals surface area (Å²) in [4.78, 5) is 24.0. The number of carbonyl (C=O) groups excluding carboxylic acids is 2. The molecule has 1 aliphatic heterocycles. The van der Waals surface area contributed by atoms with E-state index in [9.17, 15) is 9.59 Å². The zero-order chi connectivity index (χ0) is 10.9. The van der Waals surface area contributed by atoms with Crippen molar-refractivity contribution in [3.05, 3.63) is 24.0 Å². The lowest BCUT2D eigenvalue weighted by Gasteiger charge is -2.30. The predicted octanol–water partition coefficient (Wildman–Crippen LogP) is 1.86. The fourth-order valence-electron chi connectivity index (χ4n) is 1.34. The van der Waals surface area contributed by atoms with Crippen molar-refractivity contribution in [1.82, 2.24) is 4.90 Å². The average Bonchev–Trinajstić information content (AvgIpc) is 2.09. The molecule has 1 heterocycles. The quantitative estimate of drug-likeness (QED) is 0.637. The monoisotopic (exact) mass is 193 g/mol. The van der Waals surface area contributed by atoms with Crippen LogP contribution in [0.1, 0.15) is 27.7 Å². The maximum atomic E-state index is 11.4. The molecule has 1 unspecified atom stereocenters. The molecule has 0 aromatic rings. The molecule has 0 N–H and O–H groups in total. The Morgan fingerprint density at radius 1 is 1.36 bits per heavy atom. The van der Waals surface area contributed by atoms with Crippen LogP contribution in [0.25, 0.3) is 0 Å². The molecule has 0 saturated carbocycles. The number of allylic oxidation sites excluding steroid dienone is 2. The van der Waals surface area contributed by atoms with Crippen LogP contribution in [0.5, 0.6) is 0 Å². The second-order valence-corrected chi connectivity index (χ2v) is 3.81. The van der Waals surface area contributed by atoms with Gasteiger partial charge in [-0.15, -0.1) is 0 Å². The van der Waals surface area contributed by atoms with Gasteiger partial charge in [-0.25, -0.2) is 0 Å². The normalized spacial score (nSPS) is 26.0. The van der Waals surface area contributed by atoms with Crippen LogP contribution in [0.3, 0.4) is 0 Å². The van der Waals surface area contributed by atoms with E-state index >= 15 is 0 Å². The number of hydrogen-bond acceptors (Lipinski definition) is 2. The molecule has 0 radical (unpaired) electrons. The molecule has 0 saturated heterocycles. The van der Waals surface area contributed by atoms with Crippen LogP contribution < -0.4 is 0 Å². The molecule has 0 aliphatic carbocycles. The zero-order valence-electron chi connectivity index (χ0n) is 9.00. The summed E-state index contributed by atoms with van der Waals surface area (Å²) in [5, 5.41) is 0. The fraction of sp³-hybridized carbons (Fsp3) is 0.455. The standard InChI is InChI=1S/C11H15NO2/c1-8-7-12(10(3)14)6-5-11(8,4)9(2)13/h5-7H,1-4H3. The summed E-state index contributed by atoms with van der Waals surface area (Å²) in [6.07, 6.45) is 5.13. The highest BCUT2D eigenvalue weighted by atomic mass is 16.2. The number of ketones is 1. The molecular formula is C11H15NO2. The highest BCUT2D eigenvalue weighted by molar-refractivity contribution is 5.88. The van der Waals surface area contributed by atoms with Crippen molar-refractivity contribution < 1.29 is 9.59 Å². The number of rotatable bonds is 1. The van der Waals surface area contributed by atoms with Gasteiger partial charge in [-0.05, 0) is 26.3 Å². The average molecular weight is 193 g/mol. The van der Waals surface area contributed by atoms with E-state index in [4.69, 9.17) is 0 Å². The number of Topliss-reactive ketones (excluding diaryl/α,β-unsaturated/α-hetero) is 1. The van der Waals surface area contributed by atoms with Gasteiger partial charge in [0.25, 0.3) is 0 Å². The number of hydrogen-bond donors (Lipinski definition) is 0. The van der Waals surface area contributed by atoms with E-state index in [1.165, 1.54) is 11.8 Å². The van der Waals surface area contributed by atoms with Gasteiger partial charge in [0.15, 0.2) is 0 Å². The van der Waals surface area contributed by atoms with Crippen LogP contribution in [-0.4, -0.2) is 16.6 Å². The van der Waals surface area contributed by atoms with Gasteiger partial charge in [0.1, 0.15) is 5.78 Å². The lowest BCUT2D eigenvalue weighted by molar-refractivity contribution is -0.125. The van der Waals surface area contributed by atoms with Crippen LogP contribution in [0.4, 0.5) is 0 Å². The van der Waals surface area contributed by atoms with Gasteiger partial charge in [-0.1, -0.05) is 6.08 Å². The summed E-state index contributed by atoms with van der Waals surface area (Å²) in [5.74, 6) is 0.0388. The second kappa shape index (κ2) is 3.40. The first-order chi connectivity index (χ1) is 6.38. The Bertz CT molecular complexity index is 341. The van der Waals surface area contributed by atoms with Gasteiger partial charge in [-0.3, -0.25) is 14.5 Å². The van der Waals surface area contributed by atoms with E-state index in [-0.39, 0.29) is 11.7 Å².